The fraction of sp³-hybridized carbons (Fsp3) is 0.194. The van der Waals surface area contributed by atoms with E-state index in [0.29, 0.717) is 11.5 Å². The van der Waals surface area contributed by atoms with Crippen molar-refractivity contribution in [2.45, 2.75) is 38.9 Å². The lowest BCUT2D eigenvalue weighted by Gasteiger charge is -2.32. The zero-order valence-electron chi connectivity index (χ0n) is 21.0. The van der Waals surface area contributed by atoms with E-state index in [1.54, 1.807) is 0 Å². The van der Waals surface area contributed by atoms with E-state index >= 15 is 0 Å². The number of aromatic nitrogens is 1. The summed E-state index contributed by atoms with van der Waals surface area (Å²) in [6, 6.07) is 33.3. The Morgan fingerprint density at radius 3 is 1.83 bits per heavy atom. The maximum absolute atomic E-state index is 6.33. The van der Waals surface area contributed by atoms with Gasteiger partial charge in [0.25, 0.3) is 0 Å². The van der Waals surface area contributed by atoms with Gasteiger partial charge in [-0.25, -0.2) is 4.98 Å². The summed E-state index contributed by atoms with van der Waals surface area (Å²) in [7, 11) is -0.506. The van der Waals surface area contributed by atoms with Crippen LogP contribution in [-0.4, -0.2) is 23.3 Å². The molecule has 0 radical (unpaired) electrons. The maximum Gasteiger partial charge on any atom is 0.498 e. The van der Waals surface area contributed by atoms with Gasteiger partial charge >= 0.3 is 7.12 Å². The highest BCUT2D eigenvalue weighted by Gasteiger charge is 2.52. The molecule has 0 saturated carbocycles. The Labute approximate surface area is 212 Å². The van der Waals surface area contributed by atoms with Gasteiger partial charge in [0.15, 0.2) is 5.58 Å². The smallest absolute Gasteiger partial charge is 0.436 e. The minimum atomic E-state index is -0.506. The number of hydrogen-bond acceptors (Lipinski definition) is 4. The van der Waals surface area contributed by atoms with Gasteiger partial charge in [0.2, 0.25) is 5.89 Å². The highest BCUT2D eigenvalue weighted by Crippen LogP contribution is 2.37. The third-order valence-electron chi connectivity index (χ3n) is 7.39. The lowest BCUT2D eigenvalue weighted by molar-refractivity contribution is 0.00578. The van der Waals surface area contributed by atoms with Gasteiger partial charge in [-0.15, -0.1) is 0 Å². The number of benzene rings is 4. The molecule has 0 atom stereocenters. The number of rotatable bonds is 4. The fourth-order valence-electron chi connectivity index (χ4n) is 4.57. The third-order valence-corrected chi connectivity index (χ3v) is 7.39. The van der Waals surface area contributed by atoms with Gasteiger partial charge in [-0.3, -0.25) is 0 Å². The lowest BCUT2D eigenvalue weighted by atomic mass is 9.78. The molecule has 0 bridgehead atoms. The van der Waals surface area contributed by atoms with E-state index in [4.69, 9.17) is 18.7 Å². The molecule has 0 N–H and O–H groups in total. The second-order valence-corrected chi connectivity index (χ2v) is 10.3. The van der Waals surface area contributed by atoms with E-state index in [-0.39, 0.29) is 0 Å². The van der Waals surface area contributed by atoms with Crippen molar-refractivity contribution in [1.29, 1.82) is 0 Å². The number of para-hydroxylation sites is 1. The van der Waals surface area contributed by atoms with Crippen molar-refractivity contribution in [3.05, 3.63) is 97.1 Å². The molecule has 1 aliphatic heterocycles. The van der Waals surface area contributed by atoms with Crippen molar-refractivity contribution in [2.75, 3.05) is 0 Å². The van der Waals surface area contributed by atoms with Crippen molar-refractivity contribution >= 4 is 23.7 Å². The van der Waals surface area contributed by atoms with Crippen molar-refractivity contribution in [2.24, 2.45) is 0 Å². The summed E-state index contributed by atoms with van der Waals surface area (Å²) >= 11 is 0. The van der Waals surface area contributed by atoms with Gasteiger partial charge in [0, 0.05) is 11.0 Å². The van der Waals surface area contributed by atoms with E-state index in [1.807, 2.05) is 36.4 Å². The Bertz CT molecular complexity index is 1520. The van der Waals surface area contributed by atoms with E-state index in [1.165, 1.54) is 11.1 Å². The Morgan fingerprint density at radius 1 is 0.583 bits per heavy atom. The van der Waals surface area contributed by atoms with Crippen LogP contribution < -0.4 is 5.46 Å². The Kier molecular flexibility index (Phi) is 5.36. The van der Waals surface area contributed by atoms with Crippen LogP contribution in [0.25, 0.3) is 44.8 Å². The first kappa shape index (κ1) is 22.8. The van der Waals surface area contributed by atoms with E-state index in [9.17, 15) is 0 Å². The molecule has 1 aliphatic rings. The van der Waals surface area contributed by atoms with Crippen molar-refractivity contribution < 1.29 is 13.7 Å². The largest absolute Gasteiger partial charge is 0.498 e. The minimum Gasteiger partial charge on any atom is -0.436 e. The predicted octanol–water partition coefficient (Wildman–Crippen LogP) is 7.13. The highest BCUT2D eigenvalue weighted by atomic mass is 16.7. The summed E-state index contributed by atoms with van der Waals surface area (Å²) < 4.78 is 18.9. The lowest BCUT2D eigenvalue weighted by Crippen LogP contribution is -2.41. The molecule has 0 spiro atoms. The van der Waals surface area contributed by atoms with Gasteiger partial charge in [-0.1, -0.05) is 78.9 Å². The van der Waals surface area contributed by atoms with Crippen molar-refractivity contribution in [3.63, 3.8) is 0 Å². The normalized spacial score (nSPS) is 16.5. The standard InChI is InChI=1S/C31H28BNO3/c1-30(2)31(3,4)36-32(35-30)26-14-9-15-27-28(26)34-29(33-27)25-13-8-12-24(20-25)23-18-16-22(17-19-23)21-10-6-5-7-11-21/h5-20H,1-4H3. The van der Waals surface area contributed by atoms with E-state index in [0.717, 1.165) is 27.7 Å². The molecule has 36 heavy (non-hydrogen) atoms. The summed E-state index contributed by atoms with van der Waals surface area (Å²) in [5.74, 6) is 0.580. The monoisotopic (exact) mass is 473 g/mol. The number of oxazole rings is 1. The average molecular weight is 473 g/mol. The van der Waals surface area contributed by atoms with Crippen molar-refractivity contribution in [1.82, 2.24) is 4.98 Å². The van der Waals surface area contributed by atoms with Gasteiger partial charge < -0.3 is 13.7 Å². The highest BCUT2D eigenvalue weighted by molar-refractivity contribution is 6.64. The first-order valence-corrected chi connectivity index (χ1v) is 12.3. The van der Waals surface area contributed by atoms with Crippen LogP contribution in [0.3, 0.4) is 0 Å². The van der Waals surface area contributed by atoms with Crippen LogP contribution in [0.1, 0.15) is 27.7 Å². The zero-order chi connectivity index (χ0) is 24.9. The Balaban J connectivity index is 1.33. The molecular weight excluding hydrogens is 445 g/mol. The number of nitrogens with zero attached hydrogens (tertiary/aromatic N) is 1. The molecule has 0 unspecified atom stereocenters. The predicted molar refractivity (Wildman–Crippen MR) is 146 cm³/mol. The Hall–Kier alpha value is -3.67. The summed E-state index contributed by atoms with van der Waals surface area (Å²) in [5, 5.41) is 0. The second-order valence-electron chi connectivity index (χ2n) is 10.3. The van der Waals surface area contributed by atoms with Crippen LogP contribution in [0, 0.1) is 0 Å². The summed E-state index contributed by atoms with van der Waals surface area (Å²) in [6.07, 6.45) is 0. The molecule has 0 amide bonds. The maximum atomic E-state index is 6.33. The van der Waals surface area contributed by atoms with Crippen molar-refractivity contribution in [3.8, 4) is 33.7 Å². The molecule has 5 aromatic rings. The van der Waals surface area contributed by atoms with Crippen LogP contribution >= 0.6 is 0 Å². The Morgan fingerprint density at radius 2 is 1.14 bits per heavy atom. The van der Waals surface area contributed by atoms with Gasteiger partial charge in [-0.2, -0.15) is 0 Å². The quantitative estimate of drug-likeness (QED) is 0.261. The molecule has 1 fully saturated rings. The molecule has 6 rings (SSSR count). The molecule has 1 aromatic heterocycles. The average Bonchev–Trinajstić information content (AvgIpc) is 3.42. The number of fused-ring (bicyclic) bond motifs is 1. The molecule has 2 heterocycles. The van der Waals surface area contributed by atoms with E-state index in [2.05, 4.69) is 88.4 Å². The van der Waals surface area contributed by atoms with Crippen LogP contribution in [0.2, 0.25) is 0 Å². The zero-order valence-corrected chi connectivity index (χ0v) is 21.0. The van der Waals surface area contributed by atoms with Crippen LogP contribution in [-0.2, 0) is 9.31 Å². The van der Waals surface area contributed by atoms with Crippen LogP contribution in [0.4, 0.5) is 0 Å². The molecule has 5 heteroatoms. The minimum absolute atomic E-state index is 0.424. The fourth-order valence-corrected chi connectivity index (χ4v) is 4.57. The molecule has 4 aromatic carbocycles. The molecule has 178 valence electrons. The SMILES string of the molecule is CC1(C)OB(c2cccc3nc(-c4cccc(-c5ccc(-c6ccccc6)cc5)c4)oc23)OC1(C)C. The molecule has 0 aliphatic carbocycles. The number of hydrogen-bond donors (Lipinski definition) is 0. The summed E-state index contributed by atoms with van der Waals surface area (Å²) in [6.45, 7) is 8.21. The molecule has 4 nitrogen and oxygen atoms in total. The second kappa shape index (κ2) is 8.47. The molecular formula is C31H28BNO3. The van der Waals surface area contributed by atoms with Gasteiger partial charge in [-0.05, 0) is 68.1 Å². The van der Waals surface area contributed by atoms with E-state index < -0.39 is 18.3 Å². The van der Waals surface area contributed by atoms with Gasteiger partial charge in [0.05, 0.1) is 11.2 Å². The third kappa shape index (κ3) is 3.95. The first-order chi connectivity index (χ1) is 17.3. The topological polar surface area (TPSA) is 44.5 Å². The van der Waals surface area contributed by atoms with Gasteiger partial charge in [0.1, 0.15) is 5.52 Å². The summed E-state index contributed by atoms with van der Waals surface area (Å²) in [5.41, 5.74) is 7.09. The molecule has 1 saturated heterocycles. The van der Waals surface area contributed by atoms with Crippen LogP contribution in [0.5, 0.6) is 0 Å². The summed E-state index contributed by atoms with van der Waals surface area (Å²) in [4.78, 5) is 4.80. The first-order valence-electron chi connectivity index (χ1n) is 12.3. The van der Waals surface area contributed by atoms with Crippen LogP contribution in [0.15, 0.2) is 101 Å².